The van der Waals surface area contributed by atoms with Gasteiger partial charge in [0.05, 0.1) is 13.2 Å². The van der Waals surface area contributed by atoms with Gasteiger partial charge in [0, 0.05) is 49.2 Å². The van der Waals surface area contributed by atoms with Crippen molar-refractivity contribution in [2.24, 2.45) is 41.2 Å². The van der Waals surface area contributed by atoms with Gasteiger partial charge in [0.25, 0.3) is 0 Å². The molecule has 0 radical (unpaired) electrons. The molecule has 464 valence electrons. The molecule has 23 nitrogen and oxygen atoms in total. The monoisotopic (exact) mass is 1150 g/mol. The molecule has 0 saturated heterocycles. The molecule has 0 heterocycles. The van der Waals surface area contributed by atoms with Gasteiger partial charge in [0.2, 0.25) is 53.2 Å². The van der Waals surface area contributed by atoms with Crippen LogP contribution in [0.1, 0.15) is 143 Å². The fourth-order valence-corrected chi connectivity index (χ4v) is 9.45. The molecule has 0 aliphatic heterocycles. The van der Waals surface area contributed by atoms with E-state index in [2.05, 4.69) is 16.0 Å². The second-order valence-electron chi connectivity index (χ2n) is 23.6. The summed E-state index contributed by atoms with van der Waals surface area (Å²) in [7, 11) is 9.73. The Morgan fingerprint density at radius 2 is 0.963 bits per heavy atom. The molecule has 0 bridgehead atoms. The highest BCUT2D eigenvalue weighted by Gasteiger charge is 2.46. The number of nitrogens with one attached hydrogen (secondary N) is 3. The van der Waals surface area contributed by atoms with E-state index in [0.29, 0.717) is 12.8 Å². The van der Waals surface area contributed by atoms with Gasteiger partial charge in [-0.2, -0.15) is 0 Å². The molecule has 81 heavy (non-hydrogen) atoms. The number of methoxy groups -OCH3 is 1. The molecule has 23 heteroatoms. The molecule has 9 amide bonds. The Balaban J connectivity index is 7.20. The molecule has 0 aliphatic carbocycles. The number of carbonyl (C=O) groups excluding carboxylic acids is 11. The quantitative estimate of drug-likeness (QED) is 0.0543. The lowest BCUT2D eigenvalue weighted by Crippen LogP contribution is -2.64. The second-order valence-corrected chi connectivity index (χ2v) is 23.6. The van der Waals surface area contributed by atoms with E-state index in [1.807, 2.05) is 47.6 Å². The average molecular weight is 1150 g/mol. The van der Waals surface area contributed by atoms with Gasteiger partial charge in [-0.1, -0.05) is 95.2 Å². The minimum Gasteiger partial charge on any atom is -0.468 e. The molecule has 0 aromatic rings. The number of allylic oxidation sites excluding steroid dienone is 2. The molecule has 5 N–H and O–H groups in total. The maximum absolute atomic E-state index is 15.2. The SMILES string of the molecule is C/C=C/C[C@@H](C)[C@@H](OC(C)=O)[C@@H](C(=O)N[C@@H](CC)C(=O)N(C)CC(=O)OC)N(C)C(=O)[C@@H](C(C)C)N(C)C(=O)[C@H](CC(C)C)N(C)C(=O)[C@@H](CC(C)C)N(C)C(=O)C(C)NC(=O)C(C)NC(=O)[C@H](CC(C)C)N(C)C(=O)[C@@H](N)C(C)C. The van der Waals surface area contributed by atoms with Crippen molar-refractivity contribution in [3.8, 4) is 0 Å². The number of nitrogens with two attached hydrogens (primary N) is 1. The van der Waals surface area contributed by atoms with Crippen LogP contribution in [0, 0.1) is 35.5 Å². The Morgan fingerprint density at radius 1 is 0.519 bits per heavy atom. The summed E-state index contributed by atoms with van der Waals surface area (Å²) in [4.78, 5) is 160. The van der Waals surface area contributed by atoms with Crippen molar-refractivity contribution in [1.82, 2.24) is 45.3 Å². The first kappa shape index (κ1) is 74.9. The van der Waals surface area contributed by atoms with Crippen LogP contribution in [-0.2, 0) is 62.2 Å². The van der Waals surface area contributed by atoms with Crippen molar-refractivity contribution in [2.45, 2.75) is 203 Å². The maximum atomic E-state index is 15.2. The maximum Gasteiger partial charge on any atom is 0.325 e. The normalized spacial score (nSPS) is 15.7. The molecule has 0 spiro atoms. The van der Waals surface area contributed by atoms with Crippen molar-refractivity contribution >= 4 is 65.1 Å². The van der Waals surface area contributed by atoms with Gasteiger partial charge in [0.1, 0.15) is 61.0 Å². The van der Waals surface area contributed by atoms with Crippen LogP contribution in [0.2, 0.25) is 0 Å². The van der Waals surface area contributed by atoms with Crippen molar-refractivity contribution in [1.29, 1.82) is 0 Å². The summed E-state index contributed by atoms with van der Waals surface area (Å²) < 4.78 is 10.6. The predicted molar refractivity (Wildman–Crippen MR) is 310 cm³/mol. The molecule has 0 aliphatic rings. The average Bonchev–Trinajstić information content (AvgIpc) is 3.38. The smallest absolute Gasteiger partial charge is 0.325 e. The molecular weight excluding hydrogens is 1040 g/mol. The molecule has 11 atom stereocenters. The fourth-order valence-electron chi connectivity index (χ4n) is 9.45. The molecule has 0 rings (SSSR count). The van der Waals surface area contributed by atoms with Crippen molar-refractivity contribution in [2.75, 3.05) is 55.9 Å². The third-order valence-corrected chi connectivity index (χ3v) is 14.5. The van der Waals surface area contributed by atoms with Crippen molar-refractivity contribution in [3.05, 3.63) is 12.2 Å². The van der Waals surface area contributed by atoms with Gasteiger partial charge in [-0.05, 0) is 88.4 Å². The zero-order chi connectivity index (χ0) is 63.2. The molecule has 0 aromatic heterocycles. The Labute approximate surface area is 483 Å². The third kappa shape index (κ3) is 22.6. The summed E-state index contributed by atoms with van der Waals surface area (Å²) in [6, 6.07) is -10.4. The zero-order valence-corrected chi connectivity index (χ0v) is 53.2. The largest absolute Gasteiger partial charge is 0.468 e. The number of nitrogens with zero attached hydrogens (tertiary/aromatic N) is 6. The first-order valence-corrected chi connectivity index (χ1v) is 28.5. The summed E-state index contributed by atoms with van der Waals surface area (Å²) in [6.45, 7) is 27.2. The lowest BCUT2D eigenvalue weighted by molar-refractivity contribution is -0.164. The van der Waals surface area contributed by atoms with E-state index in [1.54, 1.807) is 54.5 Å². The first-order chi connectivity index (χ1) is 37.4. The highest BCUT2D eigenvalue weighted by atomic mass is 16.5. The van der Waals surface area contributed by atoms with Gasteiger partial charge < -0.3 is 60.6 Å². The lowest BCUT2D eigenvalue weighted by Gasteiger charge is -2.42. The Morgan fingerprint density at radius 3 is 1.40 bits per heavy atom. The van der Waals surface area contributed by atoms with Gasteiger partial charge in [-0.15, -0.1) is 0 Å². The number of likely N-dealkylation sites (N-methyl/N-ethyl adjacent to an activating group) is 6. The van der Waals surface area contributed by atoms with Gasteiger partial charge in [0.15, 0.2) is 0 Å². The van der Waals surface area contributed by atoms with E-state index < -0.39 is 144 Å². The third-order valence-electron chi connectivity index (χ3n) is 14.5. The van der Waals surface area contributed by atoms with Crippen LogP contribution >= 0.6 is 0 Å². The summed E-state index contributed by atoms with van der Waals surface area (Å²) in [5.41, 5.74) is 6.14. The predicted octanol–water partition coefficient (Wildman–Crippen LogP) is 2.97. The molecular formula is C58H104N10O13. The molecule has 0 saturated carbocycles. The van der Waals surface area contributed by atoms with Crippen LogP contribution in [0.4, 0.5) is 0 Å². The van der Waals surface area contributed by atoms with E-state index >= 15 is 9.59 Å². The number of esters is 2. The van der Waals surface area contributed by atoms with Crippen molar-refractivity contribution < 1.29 is 62.2 Å². The Hall–Kier alpha value is -6.13. The Bertz CT molecular complexity index is 2170. The number of rotatable bonds is 33. The number of ether oxygens (including phenoxy) is 2. The van der Waals surface area contributed by atoms with Crippen molar-refractivity contribution in [3.63, 3.8) is 0 Å². The summed E-state index contributed by atoms with van der Waals surface area (Å²) in [5.74, 6) is -8.77. The Kier molecular flexibility index (Phi) is 32.3. The van der Waals surface area contributed by atoms with Crippen LogP contribution < -0.4 is 21.7 Å². The van der Waals surface area contributed by atoms with Gasteiger partial charge in [-0.25, -0.2) is 0 Å². The summed E-state index contributed by atoms with van der Waals surface area (Å²) in [5, 5.41) is 8.06. The number of carbonyl (C=O) groups is 11. The van der Waals surface area contributed by atoms with E-state index in [1.165, 1.54) is 89.8 Å². The molecule has 0 fully saturated rings. The summed E-state index contributed by atoms with van der Waals surface area (Å²) >= 11 is 0. The second kappa shape index (κ2) is 35.0. The number of amides is 9. The first-order valence-electron chi connectivity index (χ1n) is 28.5. The van der Waals surface area contributed by atoms with E-state index in [4.69, 9.17) is 15.2 Å². The highest BCUT2D eigenvalue weighted by molar-refractivity contribution is 5.98. The molecule has 0 aromatic carbocycles. The van der Waals surface area contributed by atoms with Gasteiger partial charge in [-0.3, -0.25) is 52.7 Å². The van der Waals surface area contributed by atoms with Gasteiger partial charge >= 0.3 is 11.9 Å². The lowest BCUT2D eigenvalue weighted by atomic mass is 9.91. The zero-order valence-electron chi connectivity index (χ0n) is 53.2. The van der Waals surface area contributed by atoms with Crippen LogP contribution in [0.15, 0.2) is 12.2 Å². The van der Waals surface area contributed by atoms with Crippen LogP contribution in [0.25, 0.3) is 0 Å². The standard InChI is InChI=1S/C58H104N10O13/c1-24-26-27-37(13)49(81-40(16)69)48(52(73)62-41(25-2)54(75)63(17)31-45(70)80-23)68(22)58(79)47(36(11)12)67(21)56(77)44(30-34(7)8)66(20)55(76)43(29-33(5)6)65(19)53(74)39(15)61-50(71)38(14)60-51(72)42(28-32(3)4)64(18)57(78)46(59)35(9)10/h24,26,32-39,41-44,46-49H,25,27-31,59H2,1-23H3,(H,60,72)(H,61,71)(H,62,73)/b26-24+/t37-,38?,39?,41+,42+,43-,44+,46+,47-,48+,49-/m1/s1. The molecule has 2 unspecified atom stereocenters. The minimum atomic E-state index is -1.55. The van der Waals surface area contributed by atoms with Crippen LogP contribution in [-0.4, -0.2) is 211 Å². The fraction of sp³-hybridized carbons (Fsp3) is 0.776. The topological polar surface area (TPSA) is 288 Å². The summed E-state index contributed by atoms with van der Waals surface area (Å²) in [6.07, 6.45) is 3.33. The number of hydrogen-bond acceptors (Lipinski definition) is 14. The van der Waals surface area contributed by atoms with E-state index in [-0.39, 0.29) is 42.9 Å². The highest BCUT2D eigenvalue weighted by Crippen LogP contribution is 2.26. The van der Waals surface area contributed by atoms with E-state index in [0.717, 1.165) is 9.80 Å². The number of hydrogen-bond donors (Lipinski definition) is 4. The van der Waals surface area contributed by atoms with Crippen LogP contribution in [0.5, 0.6) is 0 Å². The minimum absolute atomic E-state index is 0.00428. The van der Waals surface area contributed by atoms with Crippen LogP contribution in [0.3, 0.4) is 0 Å². The van der Waals surface area contributed by atoms with E-state index in [9.17, 15) is 43.2 Å².